The van der Waals surface area contributed by atoms with Gasteiger partial charge < -0.3 is 15.5 Å². The molecule has 6 nitrogen and oxygen atoms in total. The summed E-state index contributed by atoms with van der Waals surface area (Å²) < 4.78 is 13.5. The van der Waals surface area contributed by atoms with Gasteiger partial charge in [-0.3, -0.25) is 9.59 Å². The molecule has 114 valence electrons. The Kier molecular flexibility index (Phi) is 6.29. The SMILES string of the molecule is O=C(O)CCC[C@@H](NC(=O)c1ccc(Br)c(F)c1)C(=O)O. The number of nitrogens with one attached hydrogen (secondary N) is 1. The van der Waals surface area contributed by atoms with Crippen molar-refractivity contribution in [3.8, 4) is 0 Å². The number of carboxylic acids is 2. The highest BCUT2D eigenvalue weighted by Crippen LogP contribution is 2.16. The highest BCUT2D eigenvalue weighted by molar-refractivity contribution is 9.10. The van der Waals surface area contributed by atoms with Gasteiger partial charge in [0.2, 0.25) is 0 Å². The lowest BCUT2D eigenvalue weighted by Gasteiger charge is -2.14. The minimum atomic E-state index is -1.27. The summed E-state index contributed by atoms with van der Waals surface area (Å²) in [4.78, 5) is 33.2. The molecule has 0 unspecified atom stereocenters. The van der Waals surface area contributed by atoms with Crippen LogP contribution < -0.4 is 5.32 Å². The zero-order chi connectivity index (χ0) is 16.0. The molecule has 1 aromatic carbocycles. The Morgan fingerprint density at radius 3 is 2.48 bits per heavy atom. The molecular formula is C13H13BrFNO5. The van der Waals surface area contributed by atoms with Gasteiger partial charge in [0.05, 0.1) is 4.47 Å². The number of benzene rings is 1. The molecule has 1 amide bonds. The van der Waals surface area contributed by atoms with E-state index in [0.717, 1.165) is 6.07 Å². The minimum Gasteiger partial charge on any atom is -0.481 e. The first-order valence-corrected chi connectivity index (χ1v) is 6.81. The summed E-state index contributed by atoms with van der Waals surface area (Å²) >= 11 is 2.94. The average molecular weight is 362 g/mol. The molecule has 3 N–H and O–H groups in total. The molecule has 0 heterocycles. The maximum Gasteiger partial charge on any atom is 0.326 e. The number of carbonyl (C=O) groups excluding carboxylic acids is 1. The number of carbonyl (C=O) groups is 3. The second-order valence-electron chi connectivity index (χ2n) is 4.28. The molecule has 0 fully saturated rings. The van der Waals surface area contributed by atoms with Gasteiger partial charge in [0.15, 0.2) is 0 Å². The van der Waals surface area contributed by atoms with E-state index in [1.54, 1.807) is 0 Å². The fraction of sp³-hybridized carbons (Fsp3) is 0.308. The Morgan fingerprint density at radius 1 is 1.29 bits per heavy atom. The standard InChI is InChI=1S/C13H13BrFNO5/c14-8-5-4-7(6-9(8)15)12(19)16-10(13(20)21)2-1-3-11(17)18/h4-6,10H,1-3H2,(H,16,19)(H,17,18)(H,20,21)/t10-/m1/s1. The lowest BCUT2D eigenvalue weighted by atomic mass is 10.1. The van der Waals surface area contributed by atoms with Crippen LogP contribution in [0, 0.1) is 5.82 Å². The molecule has 0 aliphatic carbocycles. The first-order valence-electron chi connectivity index (χ1n) is 6.01. The van der Waals surface area contributed by atoms with E-state index in [0.29, 0.717) is 0 Å². The third kappa shape index (κ3) is 5.50. The highest BCUT2D eigenvalue weighted by Gasteiger charge is 2.21. The third-order valence-corrected chi connectivity index (χ3v) is 3.31. The largest absolute Gasteiger partial charge is 0.481 e. The summed E-state index contributed by atoms with van der Waals surface area (Å²) in [6.45, 7) is 0. The molecule has 0 radical (unpaired) electrons. The second-order valence-corrected chi connectivity index (χ2v) is 5.13. The number of hydrogen-bond acceptors (Lipinski definition) is 3. The Morgan fingerprint density at radius 2 is 1.95 bits per heavy atom. The van der Waals surface area contributed by atoms with Crippen LogP contribution in [0.2, 0.25) is 0 Å². The maximum absolute atomic E-state index is 13.3. The number of rotatable bonds is 7. The summed E-state index contributed by atoms with van der Waals surface area (Å²) in [5.41, 5.74) is -0.0137. The third-order valence-electron chi connectivity index (χ3n) is 2.67. The Hall–Kier alpha value is -1.96. The topological polar surface area (TPSA) is 104 Å². The number of aliphatic carboxylic acids is 2. The summed E-state index contributed by atoms with van der Waals surface area (Å²) in [6.07, 6.45) is -0.0970. The number of carboxylic acid groups (broad SMARTS) is 2. The van der Waals surface area contributed by atoms with Crippen molar-refractivity contribution in [2.24, 2.45) is 0 Å². The van der Waals surface area contributed by atoms with E-state index in [2.05, 4.69) is 21.2 Å². The number of halogens is 2. The molecule has 0 aromatic heterocycles. The first kappa shape index (κ1) is 17.1. The van der Waals surface area contributed by atoms with Crippen LogP contribution in [0.1, 0.15) is 29.6 Å². The summed E-state index contributed by atoms with van der Waals surface area (Å²) in [5, 5.41) is 19.7. The lowest BCUT2D eigenvalue weighted by Crippen LogP contribution is -2.40. The monoisotopic (exact) mass is 361 g/mol. The molecule has 1 aromatic rings. The van der Waals surface area contributed by atoms with E-state index in [1.807, 2.05) is 0 Å². The molecule has 0 aliphatic rings. The van der Waals surface area contributed by atoms with Gasteiger partial charge in [-0.1, -0.05) is 0 Å². The van der Waals surface area contributed by atoms with E-state index in [1.165, 1.54) is 12.1 Å². The average Bonchev–Trinajstić information content (AvgIpc) is 2.40. The van der Waals surface area contributed by atoms with Crippen LogP contribution in [0.25, 0.3) is 0 Å². The number of hydrogen-bond donors (Lipinski definition) is 3. The van der Waals surface area contributed by atoms with Crippen molar-refractivity contribution in [2.75, 3.05) is 0 Å². The zero-order valence-corrected chi connectivity index (χ0v) is 12.4. The van der Waals surface area contributed by atoms with Gasteiger partial charge in [-0.15, -0.1) is 0 Å². The van der Waals surface area contributed by atoms with E-state index in [9.17, 15) is 18.8 Å². The van der Waals surface area contributed by atoms with Gasteiger partial charge in [0.1, 0.15) is 11.9 Å². The fourth-order valence-electron chi connectivity index (χ4n) is 1.59. The van der Waals surface area contributed by atoms with Gasteiger partial charge in [-0.05, 0) is 47.0 Å². The van der Waals surface area contributed by atoms with Crippen LogP contribution in [-0.4, -0.2) is 34.1 Å². The zero-order valence-electron chi connectivity index (χ0n) is 10.8. The predicted octanol–water partition coefficient (Wildman–Crippen LogP) is 2.03. The Labute approximate surface area is 128 Å². The number of amides is 1. The van der Waals surface area contributed by atoms with E-state index in [4.69, 9.17) is 10.2 Å². The van der Waals surface area contributed by atoms with Crippen molar-refractivity contribution in [2.45, 2.75) is 25.3 Å². The van der Waals surface area contributed by atoms with Gasteiger partial charge in [-0.25, -0.2) is 9.18 Å². The van der Waals surface area contributed by atoms with Crippen LogP contribution >= 0.6 is 15.9 Å². The quantitative estimate of drug-likeness (QED) is 0.689. The summed E-state index contributed by atoms with van der Waals surface area (Å²) in [6, 6.07) is 2.45. The Bertz CT molecular complexity index is 563. The molecule has 1 rings (SSSR count). The molecule has 0 saturated carbocycles. The molecule has 0 aliphatic heterocycles. The van der Waals surface area contributed by atoms with Crippen LogP contribution in [0.3, 0.4) is 0 Å². The van der Waals surface area contributed by atoms with Crippen molar-refractivity contribution in [3.05, 3.63) is 34.1 Å². The van der Waals surface area contributed by atoms with E-state index >= 15 is 0 Å². The van der Waals surface area contributed by atoms with Crippen LogP contribution in [0.15, 0.2) is 22.7 Å². The smallest absolute Gasteiger partial charge is 0.326 e. The lowest BCUT2D eigenvalue weighted by molar-refractivity contribution is -0.140. The van der Waals surface area contributed by atoms with Crippen LogP contribution in [0.4, 0.5) is 4.39 Å². The minimum absolute atomic E-state index is 0.0137. The van der Waals surface area contributed by atoms with Crippen LogP contribution in [-0.2, 0) is 9.59 Å². The Balaban J connectivity index is 2.69. The normalized spacial score (nSPS) is 11.7. The van der Waals surface area contributed by atoms with Crippen molar-refractivity contribution in [1.29, 1.82) is 0 Å². The molecule has 0 bridgehead atoms. The van der Waals surface area contributed by atoms with Gasteiger partial charge in [0.25, 0.3) is 5.91 Å². The van der Waals surface area contributed by atoms with Crippen molar-refractivity contribution >= 4 is 33.8 Å². The van der Waals surface area contributed by atoms with Crippen LogP contribution in [0.5, 0.6) is 0 Å². The highest BCUT2D eigenvalue weighted by atomic mass is 79.9. The van der Waals surface area contributed by atoms with E-state index < -0.39 is 29.7 Å². The molecule has 1 atom stereocenters. The molecule has 0 saturated heterocycles. The molecular weight excluding hydrogens is 349 g/mol. The van der Waals surface area contributed by atoms with Crippen molar-refractivity contribution in [3.63, 3.8) is 0 Å². The summed E-state index contributed by atoms with van der Waals surface area (Å²) in [5.74, 6) is -3.68. The predicted molar refractivity (Wildman–Crippen MR) is 74.5 cm³/mol. The second kappa shape index (κ2) is 7.72. The molecule has 8 heteroatoms. The van der Waals surface area contributed by atoms with E-state index in [-0.39, 0.29) is 29.3 Å². The molecule has 0 spiro atoms. The van der Waals surface area contributed by atoms with Crippen molar-refractivity contribution < 1.29 is 29.0 Å². The summed E-state index contributed by atoms with van der Waals surface area (Å²) in [7, 11) is 0. The van der Waals surface area contributed by atoms with Gasteiger partial charge in [0, 0.05) is 12.0 Å². The van der Waals surface area contributed by atoms with Crippen molar-refractivity contribution in [1.82, 2.24) is 5.32 Å². The fourth-order valence-corrected chi connectivity index (χ4v) is 1.84. The van der Waals surface area contributed by atoms with Gasteiger partial charge in [-0.2, -0.15) is 0 Å². The molecule has 21 heavy (non-hydrogen) atoms. The van der Waals surface area contributed by atoms with Gasteiger partial charge >= 0.3 is 11.9 Å². The first-order chi connectivity index (χ1) is 9.81. The maximum atomic E-state index is 13.3.